The van der Waals surface area contributed by atoms with Crippen molar-refractivity contribution in [1.82, 2.24) is 10.3 Å². The standard InChI is InChI=1S/C23H37N3/c1-22(2,3)20-10-8-18(9-11-20)19-12-14-26(16-19)17-24-25-21-7-6-13-23(4,5)15-21/h8-11,17,19,21,25H,6-7,12-16H2,1-5H3. The first-order valence-corrected chi connectivity index (χ1v) is 10.4. The maximum atomic E-state index is 4.57. The summed E-state index contributed by atoms with van der Waals surface area (Å²) >= 11 is 0. The van der Waals surface area contributed by atoms with Crippen LogP contribution in [0.1, 0.15) is 83.8 Å². The van der Waals surface area contributed by atoms with Crippen molar-refractivity contribution in [2.24, 2.45) is 10.5 Å². The Bertz CT molecular complexity index is 609. The highest BCUT2D eigenvalue weighted by molar-refractivity contribution is 5.55. The van der Waals surface area contributed by atoms with E-state index in [2.05, 4.69) is 74.3 Å². The van der Waals surface area contributed by atoms with Gasteiger partial charge < -0.3 is 10.3 Å². The Morgan fingerprint density at radius 2 is 1.88 bits per heavy atom. The molecule has 0 radical (unpaired) electrons. The monoisotopic (exact) mass is 355 g/mol. The molecule has 3 rings (SSSR count). The lowest BCUT2D eigenvalue weighted by Gasteiger charge is -2.34. The second-order valence-corrected chi connectivity index (χ2v) is 10.2. The summed E-state index contributed by atoms with van der Waals surface area (Å²) < 4.78 is 0. The van der Waals surface area contributed by atoms with Crippen LogP contribution >= 0.6 is 0 Å². The molecule has 26 heavy (non-hydrogen) atoms. The van der Waals surface area contributed by atoms with E-state index in [-0.39, 0.29) is 5.41 Å². The van der Waals surface area contributed by atoms with Gasteiger partial charge in [0.1, 0.15) is 6.34 Å². The van der Waals surface area contributed by atoms with Gasteiger partial charge in [-0.25, -0.2) is 0 Å². The fourth-order valence-corrected chi connectivity index (χ4v) is 4.45. The summed E-state index contributed by atoms with van der Waals surface area (Å²) in [5, 5.41) is 4.57. The maximum Gasteiger partial charge on any atom is 0.111 e. The number of hydrazone groups is 1. The first-order chi connectivity index (χ1) is 12.2. The van der Waals surface area contributed by atoms with E-state index in [1.165, 1.54) is 43.2 Å². The number of hydrogen-bond donors (Lipinski definition) is 1. The second-order valence-electron chi connectivity index (χ2n) is 10.2. The van der Waals surface area contributed by atoms with Gasteiger partial charge in [-0.3, -0.25) is 0 Å². The number of nitrogens with one attached hydrogen (secondary N) is 1. The lowest BCUT2D eigenvalue weighted by atomic mass is 9.75. The van der Waals surface area contributed by atoms with Crippen LogP contribution in [0.5, 0.6) is 0 Å². The van der Waals surface area contributed by atoms with Crippen molar-refractivity contribution in [3.8, 4) is 0 Å². The number of benzene rings is 1. The zero-order valence-corrected chi connectivity index (χ0v) is 17.4. The van der Waals surface area contributed by atoms with Gasteiger partial charge in [0.25, 0.3) is 0 Å². The average molecular weight is 356 g/mol. The molecule has 3 heteroatoms. The maximum absolute atomic E-state index is 4.57. The van der Waals surface area contributed by atoms with Crippen LogP contribution < -0.4 is 5.43 Å². The Hall–Kier alpha value is -1.51. The van der Waals surface area contributed by atoms with Gasteiger partial charge in [0, 0.05) is 25.0 Å². The highest BCUT2D eigenvalue weighted by Gasteiger charge is 2.28. The van der Waals surface area contributed by atoms with Crippen molar-refractivity contribution < 1.29 is 0 Å². The van der Waals surface area contributed by atoms with Gasteiger partial charge in [0.15, 0.2) is 0 Å². The molecule has 2 atom stereocenters. The molecule has 0 amide bonds. The molecule has 0 bridgehead atoms. The lowest BCUT2D eigenvalue weighted by Crippen LogP contribution is -2.35. The van der Waals surface area contributed by atoms with Gasteiger partial charge in [-0.05, 0) is 47.6 Å². The minimum absolute atomic E-state index is 0.228. The van der Waals surface area contributed by atoms with Crippen molar-refractivity contribution in [1.29, 1.82) is 0 Å². The van der Waals surface area contributed by atoms with E-state index in [1.807, 2.05) is 6.34 Å². The van der Waals surface area contributed by atoms with Crippen molar-refractivity contribution in [2.45, 2.75) is 84.1 Å². The first-order valence-electron chi connectivity index (χ1n) is 10.4. The van der Waals surface area contributed by atoms with Crippen LogP contribution in [0, 0.1) is 5.41 Å². The highest BCUT2D eigenvalue weighted by atomic mass is 15.3. The molecule has 1 N–H and O–H groups in total. The van der Waals surface area contributed by atoms with Gasteiger partial charge >= 0.3 is 0 Å². The summed E-state index contributed by atoms with van der Waals surface area (Å²) in [5.74, 6) is 0.629. The Balaban J connectivity index is 1.49. The van der Waals surface area contributed by atoms with Gasteiger partial charge in [-0.15, -0.1) is 0 Å². The fraction of sp³-hybridized carbons (Fsp3) is 0.696. The Morgan fingerprint density at radius 1 is 1.15 bits per heavy atom. The summed E-state index contributed by atoms with van der Waals surface area (Å²) in [6, 6.07) is 9.80. The Labute approximate surface area is 160 Å². The minimum Gasteiger partial charge on any atom is -0.361 e. The third-order valence-electron chi connectivity index (χ3n) is 6.15. The van der Waals surface area contributed by atoms with Crippen LogP contribution in [-0.4, -0.2) is 30.4 Å². The number of hydrogen-bond acceptors (Lipinski definition) is 2. The molecule has 1 aliphatic heterocycles. The third kappa shape index (κ3) is 5.02. The molecule has 1 heterocycles. The zero-order chi connectivity index (χ0) is 18.8. The van der Waals surface area contributed by atoms with Crippen LogP contribution in [0.4, 0.5) is 0 Å². The van der Waals surface area contributed by atoms with Crippen LogP contribution in [0.2, 0.25) is 0 Å². The average Bonchev–Trinajstić information content (AvgIpc) is 3.02. The minimum atomic E-state index is 0.228. The molecule has 0 aromatic heterocycles. The van der Waals surface area contributed by atoms with Crippen molar-refractivity contribution >= 4 is 6.34 Å². The molecule has 2 aliphatic rings. The molecular formula is C23H37N3. The molecule has 1 aromatic carbocycles. The van der Waals surface area contributed by atoms with Crippen molar-refractivity contribution in [2.75, 3.05) is 13.1 Å². The zero-order valence-electron chi connectivity index (χ0n) is 17.4. The number of rotatable bonds is 4. The fourth-order valence-electron chi connectivity index (χ4n) is 4.45. The van der Waals surface area contributed by atoms with Crippen LogP contribution in [0.3, 0.4) is 0 Å². The summed E-state index contributed by atoms with van der Waals surface area (Å²) in [6.45, 7) is 13.8. The highest BCUT2D eigenvalue weighted by Crippen LogP contribution is 2.35. The largest absolute Gasteiger partial charge is 0.361 e. The molecule has 2 unspecified atom stereocenters. The van der Waals surface area contributed by atoms with Gasteiger partial charge in [0.2, 0.25) is 0 Å². The number of likely N-dealkylation sites (tertiary alicyclic amines) is 1. The van der Waals surface area contributed by atoms with Gasteiger partial charge in [-0.1, -0.05) is 65.3 Å². The van der Waals surface area contributed by atoms with Crippen molar-refractivity contribution in [3.63, 3.8) is 0 Å². The molecule has 2 fully saturated rings. The first kappa shape index (κ1) is 19.3. The molecular weight excluding hydrogens is 318 g/mol. The predicted octanol–water partition coefficient (Wildman–Crippen LogP) is 5.28. The molecule has 1 aromatic rings. The summed E-state index contributed by atoms with van der Waals surface area (Å²) in [7, 11) is 0. The number of nitrogens with zero attached hydrogens (tertiary/aromatic N) is 2. The molecule has 1 aliphatic carbocycles. The van der Waals surface area contributed by atoms with Crippen molar-refractivity contribution in [3.05, 3.63) is 35.4 Å². The van der Waals surface area contributed by atoms with Gasteiger partial charge in [0.05, 0.1) is 0 Å². The normalized spacial score (nSPS) is 26.4. The topological polar surface area (TPSA) is 27.6 Å². The van der Waals surface area contributed by atoms with Crippen LogP contribution in [0.15, 0.2) is 29.4 Å². The van der Waals surface area contributed by atoms with E-state index in [0.29, 0.717) is 17.4 Å². The molecule has 1 saturated carbocycles. The predicted molar refractivity (Wildman–Crippen MR) is 112 cm³/mol. The van der Waals surface area contributed by atoms with E-state index in [1.54, 1.807) is 0 Å². The SMILES string of the molecule is CC1(C)CCCC(NN=CN2CCC(c3ccc(C(C)(C)C)cc3)C2)C1. The summed E-state index contributed by atoms with van der Waals surface area (Å²) in [4.78, 5) is 2.36. The van der Waals surface area contributed by atoms with Crippen LogP contribution in [0.25, 0.3) is 0 Å². The molecule has 0 spiro atoms. The van der Waals surface area contributed by atoms with E-state index >= 15 is 0 Å². The quantitative estimate of drug-likeness (QED) is 0.452. The molecule has 3 nitrogen and oxygen atoms in total. The molecule has 1 saturated heterocycles. The van der Waals surface area contributed by atoms with E-state index < -0.39 is 0 Å². The Morgan fingerprint density at radius 3 is 2.54 bits per heavy atom. The van der Waals surface area contributed by atoms with E-state index in [4.69, 9.17) is 0 Å². The smallest absolute Gasteiger partial charge is 0.111 e. The van der Waals surface area contributed by atoms with Gasteiger partial charge in [-0.2, -0.15) is 5.10 Å². The van der Waals surface area contributed by atoms with Crippen LogP contribution in [-0.2, 0) is 5.41 Å². The molecule has 144 valence electrons. The lowest BCUT2D eigenvalue weighted by molar-refractivity contribution is 0.200. The van der Waals surface area contributed by atoms with E-state index in [9.17, 15) is 0 Å². The van der Waals surface area contributed by atoms with E-state index in [0.717, 1.165) is 13.1 Å². The second kappa shape index (κ2) is 7.62. The third-order valence-corrected chi connectivity index (χ3v) is 6.15. The summed E-state index contributed by atoms with van der Waals surface area (Å²) in [6.07, 6.45) is 8.40. The Kier molecular flexibility index (Phi) is 5.64. The summed E-state index contributed by atoms with van der Waals surface area (Å²) in [5.41, 5.74) is 6.98.